The van der Waals surface area contributed by atoms with Gasteiger partial charge in [-0.05, 0) is 82.1 Å². The maximum absolute atomic E-state index is 15.0. The molecular weight excluding hydrogens is 578 g/mol. The van der Waals surface area contributed by atoms with Crippen molar-refractivity contribution in [2.75, 3.05) is 36.5 Å². The predicted molar refractivity (Wildman–Crippen MR) is 171 cm³/mol. The maximum Gasteiger partial charge on any atom is 0.410 e. The van der Waals surface area contributed by atoms with E-state index >= 15 is 4.39 Å². The van der Waals surface area contributed by atoms with Gasteiger partial charge in [0.15, 0.2) is 17.4 Å². The summed E-state index contributed by atoms with van der Waals surface area (Å²) in [4.78, 5) is 29.6. The number of aromatic nitrogens is 3. The van der Waals surface area contributed by atoms with E-state index in [0.29, 0.717) is 43.3 Å². The van der Waals surface area contributed by atoms with Gasteiger partial charge in [-0.15, -0.1) is 0 Å². The summed E-state index contributed by atoms with van der Waals surface area (Å²) in [6.45, 7) is 16.6. The Morgan fingerprint density at radius 2 is 1.78 bits per heavy atom. The monoisotopic (exact) mass is 622 g/mol. The second kappa shape index (κ2) is 12.8. The van der Waals surface area contributed by atoms with Crippen molar-refractivity contribution in [1.82, 2.24) is 19.9 Å². The fourth-order valence-electron chi connectivity index (χ4n) is 6.45. The van der Waals surface area contributed by atoms with Gasteiger partial charge in [0.2, 0.25) is 5.95 Å². The standard InChI is InChI=1S/C34H44F2N6O3/c1-21(2)42-14-15-44-30-25(35)16-24(17-27(30)42)29-26(36)19-38-31(40-29)39-28-9-8-23(18-37-28)22-10-12-41(13-11-22)32(43)45-34(6,7)20-33(3,4)5/h8-9,16-19,21-22H,10-15,20H2,1-7H3,(H,37,38,39,40). The van der Waals surface area contributed by atoms with Crippen LogP contribution in [-0.2, 0) is 4.74 Å². The fraction of sp³-hybridized carbons (Fsp3) is 0.529. The molecule has 0 spiro atoms. The summed E-state index contributed by atoms with van der Waals surface area (Å²) < 4.78 is 41.4. The van der Waals surface area contributed by atoms with Crippen LogP contribution in [-0.4, -0.2) is 63.8 Å². The number of carbonyl (C=O) groups is 1. The van der Waals surface area contributed by atoms with Gasteiger partial charge in [-0.25, -0.2) is 28.5 Å². The van der Waals surface area contributed by atoms with E-state index in [-0.39, 0.29) is 40.9 Å². The Kier molecular flexibility index (Phi) is 9.19. The molecule has 0 unspecified atom stereocenters. The van der Waals surface area contributed by atoms with Crippen molar-refractivity contribution in [2.45, 2.75) is 85.3 Å². The third kappa shape index (κ3) is 7.80. The van der Waals surface area contributed by atoms with Crippen LogP contribution < -0.4 is 15.0 Å². The number of nitrogens with zero attached hydrogens (tertiary/aromatic N) is 5. The molecule has 2 aliphatic heterocycles. The molecule has 0 saturated carbocycles. The van der Waals surface area contributed by atoms with Crippen LogP contribution in [0.25, 0.3) is 11.3 Å². The van der Waals surface area contributed by atoms with E-state index in [1.807, 2.05) is 44.7 Å². The number of piperidine rings is 1. The Bertz CT molecular complexity index is 1520. The summed E-state index contributed by atoms with van der Waals surface area (Å²) in [7, 11) is 0. The summed E-state index contributed by atoms with van der Waals surface area (Å²) in [5, 5.41) is 3.04. The molecule has 2 aliphatic rings. The molecule has 4 heterocycles. The Morgan fingerprint density at radius 1 is 1.04 bits per heavy atom. The van der Waals surface area contributed by atoms with Crippen LogP contribution in [0.2, 0.25) is 0 Å². The van der Waals surface area contributed by atoms with Crippen molar-refractivity contribution in [3.63, 3.8) is 0 Å². The van der Waals surface area contributed by atoms with E-state index in [1.165, 1.54) is 6.07 Å². The molecule has 3 aromatic rings. The van der Waals surface area contributed by atoms with Gasteiger partial charge >= 0.3 is 6.09 Å². The highest BCUT2D eigenvalue weighted by atomic mass is 19.1. The number of carbonyl (C=O) groups excluding carboxylic acids is 1. The number of pyridine rings is 1. The van der Waals surface area contributed by atoms with Gasteiger partial charge < -0.3 is 24.6 Å². The number of hydrogen-bond acceptors (Lipinski definition) is 8. The SMILES string of the molecule is CC(C)N1CCOc2c(F)cc(-c3nc(Nc4ccc(C5CCN(C(=O)OC(C)(C)CC(C)(C)C)CC5)cn4)ncc3F)cc21. The summed E-state index contributed by atoms with van der Waals surface area (Å²) in [6, 6.07) is 6.88. The van der Waals surface area contributed by atoms with Crippen molar-refractivity contribution in [3.05, 3.63) is 53.9 Å². The molecule has 0 bridgehead atoms. The fourth-order valence-corrected chi connectivity index (χ4v) is 6.45. The van der Waals surface area contributed by atoms with Gasteiger partial charge in [0, 0.05) is 30.9 Å². The lowest BCUT2D eigenvalue weighted by Gasteiger charge is -2.36. The molecule has 2 aromatic heterocycles. The number of halogens is 2. The highest BCUT2D eigenvalue weighted by Gasteiger charge is 2.33. The topological polar surface area (TPSA) is 92.7 Å². The second-order valence-electron chi connectivity index (χ2n) is 14.1. The lowest BCUT2D eigenvalue weighted by molar-refractivity contribution is -0.0126. The highest BCUT2D eigenvalue weighted by molar-refractivity contribution is 5.73. The Balaban J connectivity index is 1.23. The summed E-state index contributed by atoms with van der Waals surface area (Å²) in [5.74, 6) is -0.160. The van der Waals surface area contributed by atoms with Crippen LogP contribution in [0.1, 0.15) is 79.2 Å². The molecule has 1 aromatic carbocycles. The van der Waals surface area contributed by atoms with E-state index in [4.69, 9.17) is 9.47 Å². The smallest absolute Gasteiger partial charge is 0.410 e. The van der Waals surface area contributed by atoms with E-state index in [0.717, 1.165) is 31.0 Å². The molecule has 9 nitrogen and oxygen atoms in total. The third-order valence-electron chi connectivity index (χ3n) is 8.12. The number of benzene rings is 1. The lowest BCUT2D eigenvalue weighted by atomic mass is 9.84. The van der Waals surface area contributed by atoms with Crippen molar-refractivity contribution in [2.24, 2.45) is 5.41 Å². The van der Waals surface area contributed by atoms with Crippen molar-refractivity contribution >= 4 is 23.5 Å². The Morgan fingerprint density at radius 3 is 2.42 bits per heavy atom. The highest BCUT2D eigenvalue weighted by Crippen LogP contribution is 2.39. The Hall–Kier alpha value is -4.02. The number of hydrogen-bond donors (Lipinski definition) is 1. The molecule has 0 aliphatic carbocycles. The number of ether oxygens (including phenoxy) is 2. The van der Waals surface area contributed by atoms with Crippen LogP contribution in [0.15, 0.2) is 36.7 Å². The molecule has 11 heteroatoms. The summed E-state index contributed by atoms with van der Waals surface area (Å²) >= 11 is 0. The largest absolute Gasteiger partial charge is 0.486 e. The zero-order chi connectivity index (χ0) is 32.5. The van der Waals surface area contributed by atoms with Gasteiger partial charge in [-0.1, -0.05) is 26.8 Å². The maximum atomic E-state index is 15.0. The number of anilines is 3. The first-order chi connectivity index (χ1) is 21.2. The first-order valence-electron chi connectivity index (χ1n) is 15.7. The molecule has 5 rings (SSSR count). The van der Waals surface area contributed by atoms with E-state index in [1.54, 1.807) is 17.2 Å². The number of nitrogens with one attached hydrogen (secondary N) is 1. The number of rotatable bonds is 7. The minimum absolute atomic E-state index is 0.0211. The van der Waals surface area contributed by atoms with Crippen molar-refractivity contribution in [1.29, 1.82) is 0 Å². The number of fused-ring (bicyclic) bond motifs is 1. The van der Waals surface area contributed by atoms with Gasteiger partial charge in [0.1, 0.15) is 23.7 Å². The van der Waals surface area contributed by atoms with E-state index < -0.39 is 17.2 Å². The number of amides is 1. The molecular formula is C34H44F2N6O3. The molecule has 0 atom stereocenters. The van der Waals surface area contributed by atoms with Crippen LogP contribution in [0.4, 0.5) is 31.0 Å². The third-order valence-corrected chi connectivity index (χ3v) is 8.12. The molecule has 1 fully saturated rings. The van der Waals surface area contributed by atoms with E-state index in [2.05, 4.69) is 41.0 Å². The molecule has 242 valence electrons. The van der Waals surface area contributed by atoms with Gasteiger partial charge in [0.05, 0.1) is 18.4 Å². The zero-order valence-electron chi connectivity index (χ0n) is 27.3. The van der Waals surface area contributed by atoms with Gasteiger partial charge in [-0.2, -0.15) is 0 Å². The zero-order valence-corrected chi connectivity index (χ0v) is 27.3. The van der Waals surface area contributed by atoms with Gasteiger partial charge in [0.25, 0.3) is 0 Å². The minimum Gasteiger partial charge on any atom is -0.486 e. The van der Waals surface area contributed by atoms with Crippen LogP contribution in [0.3, 0.4) is 0 Å². The van der Waals surface area contributed by atoms with Crippen LogP contribution >= 0.6 is 0 Å². The number of likely N-dealkylation sites (tertiary alicyclic amines) is 1. The summed E-state index contributed by atoms with van der Waals surface area (Å²) in [5.41, 5.74) is 1.44. The van der Waals surface area contributed by atoms with Crippen molar-refractivity contribution < 1.29 is 23.0 Å². The molecule has 1 amide bonds. The summed E-state index contributed by atoms with van der Waals surface area (Å²) in [6.07, 6.45) is 5.00. The van der Waals surface area contributed by atoms with Crippen LogP contribution in [0.5, 0.6) is 5.75 Å². The molecule has 0 radical (unpaired) electrons. The minimum atomic E-state index is -0.663. The second-order valence-corrected chi connectivity index (χ2v) is 14.1. The average Bonchev–Trinajstić information content (AvgIpc) is 2.96. The van der Waals surface area contributed by atoms with Crippen LogP contribution in [0, 0.1) is 17.0 Å². The van der Waals surface area contributed by atoms with Gasteiger partial charge in [-0.3, -0.25) is 0 Å². The lowest BCUT2D eigenvalue weighted by Crippen LogP contribution is -2.43. The first-order valence-corrected chi connectivity index (χ1v) is 15.7. The predicted octanol–water partition coefficient (Wildman–Crippen LogP) is 7.70. The van der Waals surface area contributed by atoms with E-state index in [9.17, 15) is 9.18 Å². The average molecular weight is 623 g/mol. The quantitative estimate of drug-likeness (QED) is 0.287. The normalized spacial score (nSPS) is 16.0. The molecule has 45 heavy (non-hydrogen) atoms. The Labute approximate surface area is 264 Å². The first kappa shape index (κ1) is 32.4. The van der Waals surface area contributed by atoms with Crippen molar-refractivity contribution in [3.8, 4) is 17.0 Å². The molecule has 1 N–H and O–H groups in total. The molecule has 1 saturated heterocycles.